The number of nitrogens with zero attached hydrogens (tertiary/aromatic N) is 1. The quantitative estimate of drug-likeness (QED) is 0.882. The molecule has 1 atom stereocenters. The van der Waals surface area contributed by atoms with Crippen LogP contribution in [0, 0.1) is 23.2 Å². The summed E-state index contributed by atoms with van der Waals surface area (Å²) >= 11 is 3.55. The van der Waals surface area contributed by atoms with Gasteiger partial charge in [0.1, 0.15) is 0 Å². The normalized spacial score (nSPS) is 38.7. The van der Waals surface area contributed by atoms with Crippen LogP contribution >= 0.6 is 15.9 Å². The van der Waals surface area contributed by atoms with Gasteiger partial charge < -0.3 is 5.32 Å². The molecule has 0 saturated heterocycles. The molecular weight excluding hydrogens is 324 g/mol. The Morgan fingerprint density at radius 3 is 2.33 bits per heavy atom. The summed E-state index contributed by atoms with van der Waals surface area (Å²) in [7, 11) is 2.16. The van der Waals surface area contributed by atoms with Gasteiger partial charge in [-0.05, 0) is 103 Å². The van der Waals surface area contributed by atoms with Crippen molar-refractivity contribution >= 4 is 15.9 Å². The minimum atomic E-state index is 0.561. The summed E-state index contributed by atoms with van der Waals surface area (Å²) in [5.41, 5.74) is 1.92. The lowest BCUT2D eigenvalue weighted by Gasteiger charge is -2.59. The summed E-state index contributed by atoms with van der Waals surface area (Å²) in [5.74, 6) is 3.06. The smallest absolute Gasteiger partial charge is 0.0410 e. The van der Waals surface area contributed by atoms with Crippen LogP contribution in [0.25, 0.3) is 0 Å². The van der Waals surface area contributed by atoms with E-state index >= 15 is 0 Å². The highest BCUT2D eigenvalue weighted by atomic mass is 79.9. The SMILES string of the molecule is CNC(Cc1cncc(Br)c1)C12CC3CC(CC(C3)C1)C2. The van der Waals surface area contributed by atoms with Crippen molar-refractivity contribution in [2.75, 3.05) is 7.05 Å². The van der Waals surface area contributed by atoms with Crippen LogP contribution in [0.5, 0.6) is 0 Å². The fourth-order valence-electron chi connectivity index (χ4n) is 6.03. The van der Waals surface area contributed by atoms with Crippen molar-refractivity contribution < 1.29 is 0 Å². The molecule has 0 amide bonds. The first-order chi connectivity index (χ1) is 10.2. The molecule has 4 saturated carbocycles. The first kappa shape index (κ1) is 14.2. The third kappa shape index (κ3) is 2.57. The molecule has 1 aromatic heterocycles. The summed E-state index contributed by atoms with van der Waals surface area (Å²) in [6.07, 6.45) is 14.0. The van der Waals surface area contributed by atoms with Crippen molar-refractivity contribution in [3.63, 3.8) is 0 Å². The average molecular weight is 349 g/mol. The van der Waals surface area contributed by atoms with Crippen LogP contribution in [0.2, 0.25) is 0 Å². The summed E-state index contributed by atoms with van der Waals surface area (Å²) < 4.78 is 1.10. The van der Waals surface area contributed by atoms with Crippen molar-refractivity contribution in [2.45, 2.75) is 51.0 Å². The van der Waals surface area contributed by atoms with Gasteiger partial charge in [0.25, 0.3) is 0 Å². The highest BCUT2D eigenvalue weighted by Crippen LogP contribution is 2.61. The van der Waals surface area contributed by atoms with Crippen LogP contribution in [-0.2, 0) is 6.42 Å². The molecular formula is C18H25BrN2. The van der Waals surface area contributed by atoms with Crippen molar-refractivity contribution in [3.05, 3.63) is 28.5 Å². The molecule has 21 heavy (non-hydrogen) atoms. The van der Waals surface area contributed by atoms with E-state index in [1.54, 1.807) is 0 Å². The molecule has 0 aromatic carbocycles. The Labute approximate surface area is 136 Å². The van der Waals surface area contributed by atoms with Crippen molar-refractivity contribution in [3.8, 4) is 0 Å². The highest BCUT2D eigenvalue weighted by molar-refractivity contribution is 9.10. The van der Waals surface area contributed by atoms with Gasteiger partial charge in [-0.2, -0.15) is 0 Å². The molecule has 0 aliphatic heterocycles. The van der Waals surface area contributed by atoms with E-state index in [9.17, 15) is 0 Å². The standard InChI is InChI=1S/C18H25BrN2/c1-20-17(6-15-5-16(19)11-21-10-15)18-7-12-2-13(8-18)4-14(3-12)9-18/h5,10-14,17,20H,2-4,6-9H2,1H3. The van der Waals surface area contributed by atoms with Crippen LogP contribution in [0.15, 0.2) is 22.9 Å². The third-order valence-electron chi connectivity index (χ3n) is 6.37. The summed E-state index contributed by atoms with van der Waals surface area (Å²) in [6.45, 7) is 0. The lowest BCUT2D eigenvalue weighted by atomic mass is 9.47. The maximum absolute atomic E-state index is 4.34. The van der Waals surface area contributed by atoms with E-state index in [-0.39, 0.29) is 0 Å². The van der Waals surface area contributed by atoms with Gasteiger partial charge in [-0.3, -0.25) is 4.98 Å². The number of hydrogen-bond acceptors (Lipinski definition) is 2. The molecule has 4 fully saturated rings. The first-order valence-corrected chi connectivity index (χ1v) is 9.23. The monoisotopic (exact) mass is 348 g/mol. The van der Waals surface area contributed by atoms with Crippen LogP contribution in [0.4, 0.5) is 0 Å². The Balaban J connectivity index is 1.58. The minimum absolute atomic E-state index is 0.561. The van der Waals surface area contributed by atoms with Gasteiger partial charge in [-0.1, -0.05) is 0 Å². The molecule has 3 heteroatoms. The molecule has 1 heterocycles. The van der Waals surface area contributed by atoms with Crippen LogP contribution in [0.3, 0.4) is 0 Å². The number of nitrogens with one attached hydrogen (secondary N) is 1. The van der Waals surface area contributed by atoms with E-state index in [4.69, 9.17) is 0 Å². The molecule has 5 rings (SSSR count). The second-order valence-corrected chi connectivity index (χ2v) is 8.75. The lowest BCUT2D eigenvalue weighted by molar-refractivity contribution is -0.0724. The predicted molar refractivity (Wildman–Crippen MR) is 89.1 cm³/mol. The third-order valence-corrected chi connectivity index (χ3v) is 6.81. The molecule has 0 spiro atoms. The van der Waals surface area contributed by atoms with Crippen LogP contribution in [-0.4, -0.2) is 18.1 Å². The van der Waals surface area contributed by atoms with Crippen molar-refractivity contribution in [2.24, 2.45) is 23.2 Å². The van der Waals surface area contributed by atoms with E-state index in [1.807, 2.05) is 12.4 Å². The Morgan fingerprint density at radius 1 is 1.19 bits per heavy atom. The fraction of sp³-hybridized carbons (Fsp3) is 0.722. The van der Waals surface area contributed by atoms with Crippen LogP contribution in [0.1, 0.15) is 44.1 Å². The van der Waals surface area contributed by atoms with E-state index in [0.29, 0.717) is 11.5 Å². The Hall–Kier alpha value is -0.410. The minimum Gasteiger partial charge on any atom is -0.316 e. The molecule has 1 N–H and O–H groups in total. The topological polar surface area (TPSA) is 24.9 Å². The number of rotatable bonds is 4. The number of likely N-dealkylation sites (N-methyl/N-ethyl adjacent to an activating group) is 1. The van der Waals surface area contributed by atoms with E-state index in [0.717, 1.165) is 28.6 Å². The zero-order valence-electron chi connectivity index (χ0n) is 12.8. The number of hydrogen-bond donors (Lipinski definition) is 1. The summed E-state index contributed by atoms with van der Waals surface area (Å²) in [4.78, 5) is 4.34. The molecule has 0 radical (unpaired) electrons. The number of aromatic nitrogens is 1. The molecule has 1 aromatic rings. The Bertz CT molecular complexity index is 492. The van der Waals surface area contributed by atoms with Crippen LogP contribution < -0.4 is 5.32 Å². The Kier molecular flexibility index (Phi) is 3.61. The van der Waals surface area contributed by atoms with Gasteiger partial charge in [0.05, 0.1) is 0 Å². The largest absolute Gasteiger partial charge is 0.316 e. The van der Waals surface area contributed by atoms with Gasteiger partial charge in [0.15, 0.2) is 0 Å². The van der Waals surface area contributed by atoms with Gasteiger partial charge in [-0.25, -0.2) is 0 Å². The van der Waals surface area contributed by atoms with Gasteiger partial charge in [0, 0.05) is 22.9 Å². The number of pyridine rings is 1. The summed E-state index contributed by atoms with van der Waals surface area (Å²) in [6, 6.07) is 2.85. The van der Waals surface area contributed by atoms with Crippen molar-refractivity contribution in [1.29, 1.82) is 0 Å². The molecule has 2 nitrogen and oxygen atoms in total. The van der Waals surface area contributed by atoms with Gasteiger partial charge in [0.2, 0.25) is 0 Å². The predicted octanol–water partition coefficient (Wildman–Crippen LogP) is 4.19. The fourth-order valence-corrected chi connectivity index (χ4v) is 6.44. The number of halogens is 1. The molecule has 4 aliphatic rings. The van der Waals surface area contributed by atoms with E-state index < -0.39 is 0 Å². The molecule has 4 bridgehead atoms. The van der Waals surface area contributed by atoms with E-state index in [1.165, 1.54) is 44.1 Å². The second kappa shape index (κ2) is 5.34. The average Bonchev–Trinajstić information content (AvgIpc) is 2.43. The van der Waals surface area contributed by atoms with E-state index in [2.05, 4.69) is 39.3 Å². The van der Waals surface area contributed by atoms with Crippen molar-refractivity contribution in [1.82, 2.24) is 10.3 Å². The second-order valence-electron chi connectivity index (χ2n) is 7.84. The lowest BCUT2D eigenvalue weighted by Crippen LogP contribution is -2.56. The first-order valence-electron chi connectivity index (χ1n) is 8.43. The molecule has 114 valence electrons. The highest BCUT2D eigenvalue weighted by Gasteiger charge is 2.53. The maximum Gasteiger partial charge on any atom is 0.0410 e. The molecule has 1 unspecified atom stereocenters. The maximum atomic E-state index is 4.34. The zero-order chi connectivity index (χ0) is 14.4. The zero-order valence-corrected chi connectivity index (χ0v) is 14.4. The molecule has 4 aliphatic carbocycles. The summed E-state index contributed by atoms with van der Waals surface area (Å²) in [5, 5.41) is 3.68. The van der Waals surface area contributed by atoms with Gasteiger partial charge in [-0.15, -0.1) is 0 Å². The van der Waals surface area contributed by atoms with Gasteiger partial charge >= 0.3 is 0 Å². The Morgan fingerprint density at radius 2 is 1.81 bits per heavy atom.